The molecule has 0 fully saturated rings. The van der Waals surface area contributed by atoms with Crippen LogP contribution in [0.25, 0.3) is 28.3 Å². The molecule has 2 amide bonds. The first kappa shape index (κ1) is 21.6. The number of pyridine rings is 1. The Labute approximate surface area is 213 Å². The van der Waals surface area contributed by atoms with Crippen LogP contribution in [-0.2, 0) is 9.59 Å². The minimum atomic E-state index is -0.279. The zero-order valence-corrected chi connectivity index (χ0v) is 20.5. The smallest absolute Gasteiger partial charge is 0.261 e. The van der Waals surface area contributed by atoms with Crippen LogP contribution < -0.4 is 10.1 Å². The number of nitrogens with zero attached hydrogens (tertiary/aromatic N) is 3. The minimum absolute atomic E-state index is 0.169. The third-order valence-corrected chi connectivity index (χ3v) is 7.20. The van der Waals surface area contributed by atoms with Crippen LogP contribution >= 0.6 is 0 Å². The number of ether oxygens (including phenoxy) is 1. The number of aryl methyl sites for hydroxylation is 1. The van der Waals surface area contributed by atoms with Crippen molar-refractivity contribution >= 4 is 28.7 Å². The molecule has 1 N–H and O–H groups in total. The molecule has 7 heteroatoms. The number of hydrogen-bond donors (Lipinski definition) is 1. The van der Waals surface area contributed by atoms with Crippen LogP contribution in [0.15, 0.2) is 77.9 Å². The van der Waals surface area contributed by atoms with Gasteiger partial charge in [-0.1, -0.05) is 61.4 Å². The lowest BCUT2D eigenvalue weighted by molar-refractivity contribution is -0.123. The average Bonchev–Trinajstić information content (AvgIpc) is 3.55. The third kappa shape index (κ3) is 3.03. The van der Waals surface area contributed by atoms with Crippen molar-refractivity contribution in [1.82, 2.24) is 19.6 Å². The van der Waals surface area contributed by atoms with Crippen molar-refractivity contribution in [3.63, 3.8) is 0 Å². The number of fused-ring (bicyclic) bond motifs is 3. The molecule has 4 aromatic rings. The maximum Gasteiger partial charge on any atom is 0.261 e. The molecule has 0 bridgehead atoms. The van der Waals surface area contributed by atoms with Crippen molar-refractivity contribution in [2.75, 3.05) is 6.54 Å². The molecule has 0 spiro atoms. The van der Waals surface area contributed by atoms with E-state index < -0.39 is 0 Å². The fourth-order valence-corrected chi connectivity index (χ4v) is 5.41. The van der Waals surface area contributed by atoms with Gasteiger partial charge in [0.15, 0.2) is 5.82 Å². The highest BCUT2D eigenvalue weighted by molar-refractivity contribution is 6.30. The van der Waals surface area contributed by atoms with Gasteiger partial charge in [0.05, 0.1) is 33.6 Å². The van der Waals surface area contributed by atoms with Crippen molar-refractivity contribution in [2.45, 2.75) is 26.7 Å². The van der Waals surface area contributed by atoms with Gasteiger partial charge in [-0.15, -0.1) is 0 Å². The molecular formula is C30H24N4O3. The largest absolute Gasteiger partial charge is 0.440 e. The topological polar surface area (TPSA) is 75.9 Å². The van der Waals surface area contributed by atoms with Crippen LogP contribution in [0.2, 0.25) is 0 Å². The monoisotopic (exact) mass is 488 g/mol. The number of rotatable bonds is 5. The lowest BCUT2D eigenvalue weighted by Gasteiger charge is -2.21. The van der Waals surface area contributed by atoms with E-state index in [0.717, 1.165) is 40.8 Å². The molecule has 0 radical (unpaired) electrons. The summed E-state index contributed by atoms with van der Waals surface area (Å²) in [6, 6.07) is 21.4. The van der Waals surface area contributed by atoms with Gasteiger partial charge in [0.2, 0.25) is 5.88 Å². The van der Waals surface area contributed by atoms with Crippen LogP contribution in [-0.4, -0.2) is 32.6 Å². The molecule has 182 valence electrons. The first-order valence-corrected chi connectivity index (χ1v) is 12.5. The van der Waals surface area contributed by atoms with Gasteiger partial charge < -0.3 is 15.0 Å². The van der Waals surface area contributed by atoms with Gasteiger partial charge >= 0.3 is 0 Å². The third-order valence-electron chi connectivity index (χ3n) is 7.20. The number of carbonyl (C=O) groups excluding carboxylic acids is 2. The molecule has 3 aliphatic rings. The summed E-state index contributed by atoms with van der Waals surface area (Å²) in [5, 5.41) is 3.00. The maximum absolute atomic E-state index is 13.9. The van der Waals surface area contributed by atoms with Crippen LogP contribution in [0.5, 0.6) is 11.6 Å². The molecule has 0 saturated carbocycles. The van der Waals surface area contributed by atoms with E-state index in [-0.39, 0.29) is 11.8 Å². The fourth-order valence-electron chi connectivity index (χ4n) is 5.41. The van der Waals surface area contributed by atoms with Gasteiger partial charge in [0.1, 0.15) is 11.4 Å². The molecule has 7 nitrogen and oxygen atoms in total. The second kappa shape index (κ2) is 7.93. The molecule has 7 rings (SSSR count). The fraction of sp³-hybridized carbons (Fsp3) is 0.167. The van der Waals surface area contributed by atoms with E-state index in [1.165, 1.54) is 0 Å². The second-order valence-electron chi connectivity index (χ2n) is 9.57. The number of benzene rings is 2. The van der Waals surface area contributed by atoms with Gasteiger partial charge in [0.25, 0.3) is 11.8 Å². The number of imidazole rings is 1. The summed E-state index contributed by atoms with van der Waals surface area (Å²) >= 11 is 0. The Balaban J connectivity index is 1.48. The summed E-state index contributed by atoms with van der Waals surface area (Å²) < 4.78 is 8.07. The lowest BCUT2D eigenvalue weighted by Crippen LogP contribution is -2.28. The van der Waals surface area contributed by atoms with E-state index in [1.54, 1.807) is 4.90 Å². The number of hydrogen-bond acceptors (Lipinski definition) is 4. The summed E-state index contributed by atoms with van der Waals surface area (Å²) in [6.07, 6.45) is 1.78. The van der Waals surface area contributed by atoms with Crippen LogP contribution in [0.3, 0.4) is 0 Å². The van der Waals surface area contributed by atoms with Crippen molar-refractivity contribution in [1.29, 1.82) is 0 Å². The quantitative estimate of drug-likeness (QED) is 0.364. The predicted molar refractivity (Wildman–Crippen MR) is 140 cm³/mol. The molecule has 2 aromatic carbocycles. The van der Waals surface area contributed by atoms with Crippen molar-refractivity contribution in [2.24, 2.45) is 0 Å². The number of carbonyl (C=O) groups is 2. The molecular weight excluding hydrogens is 464 g/mol. The standard InChI is InChI=1S/C30H24N4O3/c1-3-4-16-33-27(18-14-12-17(2)13-15-18)24-23(30(33)36)26(32-29(24)35)25-20-9-7-11-22-34(20)28(31-25)19-8-5-6-10-21(19)37-22/h5-15H,3-4,16H2,1-2H3,(H,32,35). The molecule has 5 heterocycles. The van der Waals surface area contributed by atoms with E-state index in [9.17, 15) is 9.59 Å². The number of amides is 2. The van der Waals surface area contributed by atoms with E-state index in [0.29, 0.717) is 46.5 Å². The van der Waals surface area contributed by atoms with Crippen molar-refractivity contribution in [3.05, 3.63) is 94.7 Å². The second-order valence-corrected chi connectivity index (χ2v) is 9.57. The minimum Gasteiger partial charge on any atom is -0.440 e. The Morgan fingerprint density at radius 1 is 0.946 bits per heavy atom. The van der Waals surface area contributed by atoms with Gasteiger partial charge in [-0.05, 0) is 43.2 Å². The van der Waals surface area contributed by atoms with E-state index in [2.05, 4.69) is 12.2 Å². The SMILES string of the molecule is CCCCN1C(=O)C2=C(c3nc4n5c(cccc35)Oc3ccccc3-4)NC(=O)C2=C1c1ccc(C)cc1. The number of para-hydroxylation sites is 1. The normalized spacial score (nSPS) is 15.9. The first-order valence-electron chi connectivity index (χ1n) is 12.5. The highest BCUT2D eigenvalue weighted by atomic mass is 16.5. The van der Waals surface area contributed by atoms with Gasteiger partial charge in [0, 0.05) is 6.54 Å². The van der Waals surface area contributed by atoms with Crippen LogP contribution in [0, 0.1) is 6.92 Å². The Hall–Kier alpha value is -4.65. The molecule has 0 aliphatic carbocycles. The summed E-state index contributed by atoms with van der Waals surface area (Å²) in [5.41, 5.74) is 6.09. The number of unbranched alkanes of at least 4 members (excludes halogenated alkanes) is 1. The van der Waals surface area contributed by atoms with Crippen LogP contribution in [0.4, 0.5) is 0 Å². The van der Waals surface area contributed by atoms with Gasteiger partial charge in [-0.2, -0.15) is 0 Å². The summed E-state index contributed by atoms with van der Waals surface area (Å²) in [7, 11) is 0. The average molecular weight is 489 g/mol. The predicted octanol–water partition coefficient (Wildman–Crippen LogP) is 5.31. The molecule has 3 aliphatic heterocycles. The zero-order chi connectivity index (χ0) is 25.3. The Morgan fingerprint density at radius 2 is 1.76 bits per heavy atom. The van der Waals surface area contributed by atoms with Gasteiger partial charge in [-0.3, -0.25) is 14.0 Å². The molecule has 0 atom stereocenters. The molecule has 0 saturated heterocycles. The Bertz CT molecular complexity index is 1710. The number of aromatic nitrogens is 2. The summed E-state index contributed by atoms with van der Waals surface area (Å²) in [4.78, 5) is 34.2. The summed E-state index contributed by atoms with van der Waals surface area (Å²) in [6.45, 7) is 4.66. The highest BCUT2D eigenvalue weighted by Crippen LogP contribution is 2.46. The molecule has 0 unspecified atom stereocenters. The summed E-state index contributed by atoms with van der Waals surface area (Å²) in [5.74, 6) is 1.63. The van der Waals surface area contributed by atoms with Crippen LogP contribution in [0.1, 0.15) is 36.6 Å². The Morgan fingerprint density at radius 3 is 2.57 bits per heavy atom. The maximum atomic E-state index is 13.9. The van der Waals surface area contributed by atoms with Crippen molar-refractivity contribution in [3.8, 4) is 23.0 Å². The highest BCUT2D eigenvalue weighted by Gasteiger charge is 2.46. The first-order chi connectivity index (χ1) is 18.1. The molecule has 37 heavy (non-hydrogen) atoms. The van der Waals surface area contributed by atoms with Gasteiger partial charge in [-0.25, -0.2) is 4.98 Å². The molecule has 2 aromatic heterocycles. The van der Waals surface area contributed by atoms with E-state index in [1.807, 2.05) is 78.1 Å². The zero-order valence-electron chi connectivity index (χ0n) is 20.5. The van der Waals surface area contributed by atoms with E-state index in [4.69, 9.17) is 9.72 Å². The number of nitrogens with one attached hydrogen (secondary N) is 1. The Kier molecular flexibility index (Phi) is 4.63. The lowest BCUT2D eigenvalue weighted by atomic mass is 10.0. The van der Waals surface area contributed by atoms with Crippen molar-refractivity contribution < 1.29 is 14.3 Å². The van der Waals surface area contributed by atoms with E-state index >= 15 is 0 Å².